The lowest BCUT2D eigenvalue weighted by atomic mass is 9.96. The van der Waals surface area contributed by atoms with Crippen molar-refractivity contribution in [3.8, 4) is 0 Å². The highest BCUT2D eigenvalue weighted by Crippen LogP contribution is 2.19. The van der Waals surface area contributed by atoms with Gasteiger partial charge in [-0.3, -0.25) is 0 Å². The van der Waals surface area contributed by atoms with Crippen LogP contribution in [0.5, 0.6) is 0 Å². The Morgan fingerprint density at radius 2 is 2.00 bits per heavy atom. The molecule has 19 heavy (non-hydrogen) atoms. The zero-order valence-corrected chi connectivity index (χ0v) is 11.2. The first-order chi connectivity index (χ1) is 9.24. The normalized spacial score (nSPS) is 28.0. The Kier molecular flexibility index (Phi) is 3.48. The molecule has 2 aliphatic heterocycles. The van der Waals surface area contributed by atoms with Crippen LogP contribution in [0, 0.1) is 0 Å². The van der Waals surface area contributed by atoms with Gasteiger partial charge in [-0.2, -0.15) is 0 Å². The number of hydrogen-bond donors (Lipinski definition) is 2. The predicted molar refractivity (Wildman–Crippen MR) is 70.9 cm³/mol. The fourth-order valence-corrected chi connectivity index (χ4v) is 3.30. The van der Waals surface area contributed by atoms with Gasteiger partial charge in [0.1, 0.15) is 0 Å². The van der Waals surface area contributed by atoms with Crippen LogP contribution >= 0.6 is 0 Å². The summed E-state index contributed by atoms with van der Waals surface area (Å²) in [6, 6.07) is 0.559. The van der Waals surface area contributed by atoms with E-state index in [2.05, 4.69) is 10.6 Å². The standard InChI is InChI=1S/C13H22N4O2/c18-12-14-8-11-9-16(6-7-17(11)12)13(19)15-10-4-2-1-3-5-10/h10-11H,1-9H2,(H,14,18)(H,15,19). The van der Waals surface area contributed by atoms with Crippen LogP contribution in [0.2, 0.25) is 0 Å². The zero-order chi connectivity index (χ0) is 13.2. The van der Waals surface area contributed by atoms with Gasteiger partial charge in [0.05, 0.1) is 6.04 Å². The van der Waals surface area contributed by atoms with E-state index in [1.807, 2.05) is 9.80 Å². The third kappa shape index (κ3) is 2.62. The minimum Gasteiger partial charge on any atom is -0.336 e. The molecule has 0 aromatic rings. The third-order valence-electron chi connectivity index (χ3n) is 4.45. The van der Waals surface area contributed by atoms with Gasteiger partial charge >= 0.3 is 12.1 Å². The Morgan fingerprint density at radius 1 is 1.21 bits per heavy atom. The van der Waals surface area contributed by atoms with Crippen LogP contribution in [0.4, 0.5) is 9.59 Å². The Bertz CT molecular complexity index is 368. The average Bonchev–Trinajstić information content (AvgIpc) is 2.81. The maximum Gasteiger partial charge on any atom is 0.317 e. The predicted octanol–water partition coefficient (Wildman–Crippen LogP) is 0.738. The lowest BCUT2D eigenvalue weighted by Crippen LogP contribution is -2.57. The fourth-order valence-electron chi connectivity index (χ4n) is 3.30. The quantitative estimate of drug-likeness (QED) is 0.735. The highest BCUT2D eigenvalue weighted by atomic mass is 16.2. The SMILES string of the molecule is O=C(NC1CCCCC1)N1CCN2C(=O)NCC2C1. The first kappa shape index (κ1) is 12.6. The Morgan fingerprint density at radius 3 is 2.79 bits per heavy atom. The molecule has 2 heterocycles. The first-order valence-electron chi connectivity index (χ1n) is 7.34. The van der Waals surface area contributed by atoms with Crippen molar-refractivity contribution in [3.63, 3.8) is 0 Å². The highest BCUT2D eigenvalue weighted by molar-refractivity contribution is 5.78. The van der Waals surface area contributed by atoms with Crippen LogP contribution in [0.15, 0.2) is 0 Å². The number of urea groups is 2. The van der Waals surface area contributed by atoms with E-state index in [0.717, 1.165) is 12.8 Å². The summed E-state index contributed by atoms with van der Waals surface area (Å²) in [6.07, 6.45) is 5.95. The molecule has 6 heteroatoms. The molecule has 1 saturated carbocycles. The van der Waals surface area contributed by atoms with E-state index in [1.54, 1.807) is 0 Å². The summed E-state index contributed by atoms with van der Waals surface area (Å²) < 4.78 is 0. The molecule has 1 aliphatic carbocycles. The topological polar surface area (TPSA) is 64.7 Å². The van der Waals surface area contributed by atoms with Crippen molar-refractivity contribution in [2.75, 3.05) is 26.2 Å². The van der Waals surface area contributed by atoms with E-state index >= 15 is 0 Å². The van der Waals surface area contributed by atoms with E-state index in [9.17, 15) is 9.59 Å². The van der Waals surface area contributed by atoms with Crippen LogP contribution < -0.4 is 10.6 Å². The first-order valence-corrected chi connectivity index (χ1v) is 7.34. The van der Waals surface area contributed by atoms with Gasteiger partial charge in [-0.15, -0.1) is 0 Å². The summed E-state index contributed by atoms with van der Waals surface area (Å²) >= 11 is 0. The van der Waals surface area contributed by atoms with E-state index < -0.39 is 0 Å². The zero-order valence-electron chi connectivity index (χ0n) is 11.2. The third-order valence-corrected chi connectivity index (χ3v) is 4.45. The molecule has 3 rings (SSSR count). The van der Waals surface area contributed by atoms with Crippen LogP contribution in [0.1, 0.15) is 32.1 Å². The van der Waals surface area contributed by atoms with Gasteiger partial charge in [0.15, 0.2) is 0 Å². The molecule has 3 aliphatic rings. The molecular formula is C13H22N4O2. The Hall–Kier alpha value is -1.46. The number of carbonyl (C=O) groups excluding carboxylic acids is 2. The molecule has 0 aromatic heterocycles. The number of fused-ring (bicyclic) bond motifs is 1. The van der Waals surface area contributed by atoms with Gasteiger partial charge in [0, 0.05) is 32.2 Å². The molecule has 3 fully saturated rings. The molecule has 106 valence electrons. The minimum absolute atomic E-state index is 0.0114. The van der Waals surface area contributed by atoms with Gasteiger partial charge in [-0.1, -0.05) is 19.3 Å². The molecule has 4 amide bonds. The summed E-state index contributed by atoms with van der Waals surface area (Å²) in [5, 5.41) is 5.97. The van der Waals surface area contributed by atoms with E-state index in [-0.39, 0.29) is 18.1 Å². The number of rotatable bonds is 1. The van der Waals surface area contributed by atoms with Crippen molar-refractivity contribution in [1.82, 2.24) is 20.4 Å². The van der Waals surface area contributed by atoms with Crippen LogP contribution in [0.25, 0.3) is 0 Å². The minimum atomic E-state index is 0.0114. The highest BCUT2D eigenvalue weighted by Gasteiger charge is 2.37. The van der Waals surface area contributed by atoms with E-state index in [4.69, 9.17) is 0 Å². The lowest BCUT2D eigenvalue weighted by Gasteiger charge is -2.37. The van der Waals surface area contributed by atoms with Crippen molar-refractivity contribution in [2.24, 2.45) is 0 Å². The molecular weight excluding hydrogens is 244 g/mol. The molecule has 2 N–H and O–H groups in total. The van der Waals surface area contributed by atoms with Gasteiger partial charge in [-0.25, -0.2) is 9.59 Å². The lowest BCUT2D eigenvalue weighted by molar-refractivity contribution is 0.126. The van der Waals surface area contributed by atoms with Gasteiger partial charge in [-0.05, 0) is 12.8 Å². The smallest absolute Gasteiger partial charge is 0.317 e. The summed E-state index contributed by atoms with van der Waals surface area (Å²) in [5.41, 5.74) is 0. The second-order valence-corrected chi connectivity index (χ2v) is 5.76. The van der Waals surface area contributed by atoms with Gasteiger partial charge in [0.2, 0.25) is 0 Å². The molecule has 0 aromatic carbocycles. The maximum atomic E-state index is 12.2. The van der Waals surface area contributed by atoms with Crippen LogP contribution in [0.3, 0.4) is 0 Å². The maximum absolute atomic E-state index is 12.2. The molecule has 6 nitrogen and oxygen atoms in total. The fraction of sp³-hybridized carbons (Fsp3) is 0.846. The Balaban J connectivity index is 1.52. The van der Waals surface area contributed by atoms with Crippen molar-refractivity contribution >= 4 is 12.1 Å². The van der Waals surface area contributed by atoms with Crippen LogP contribution in [-0.4, -0.2) is 60.1 Å². The molecule has 1 unspecified atom stereocenters. The van der Waals surface area contributed by atoms with E-state index in [0.29, 0.717) is 32.2 Å². The Labute approximate surface area is 113 Å². The molecule has 0 spiro atoms. The molecule has 0 bridgehead atoms. The molecule has 0 radical (unpaired) electrons. The monoisotopic (exact) mass is 266 g/mol. The number of carbonyl (C=O) groups is 2. The number of nitrogens with zero attached hydrogens (tertiary/aromatic N) is 2. The number of amides is 4. The summed E-state index contributed by atoms with van der Waals surface area (Å²) in [4.78, 5) is 27.4. The van der Waals surface area contributed by atoms with Gasteiger partial charge < -0.3 is 20.4 Å². The van der Waals surface area contributed by atoms with Crippen molar-refractivity contribution in [3.05, 3.63) is 0 Å². The molecule has 2 saturated heterocycles. The van der Waals surface area contributed by atoms with Crippen molar-refractivity contribution < 1.29 is 9.59 Å². The molecule has 1 atom stereocenters. The largest absolute Gasteiger partial charge is 0.336 e. The number of nitrogens with one attached hydrogen (secondary N) is 2. The van der Waals surface area contributed by atoms with Crippen molar-refractivity contribution in [1.29, 1.82) is 0 Å². The summed E-state index contributed by atoms with van der Waals surface area (Å²) in [7, 11) is 0. The van der Waals surface area contributed by atoms with E-state index in [1.165, 1.54) is 19.3 Å². The summed E-state index contributed by atoms with van der Waals surface area (Å²) in [6.45, 7) is 2.60. The second kappa shape index (κ2) is 5.27. The number of piperazine rings is 1. The van der Waals surface area contributed by atoms with Gasteiger partial charge in [0.25, 0.3) is 0 Å². The second-order valence-electron chi connectivity index (χ2n) is 5.76. The number of hydrogen-bond acceptors (Lipinski definition) is 2. The van der Waals surface area contributed by atoms with Crippen molar-refractivity contribution in [2.45, 2.75) is 44.2 Å². The summed E-state index contributed by atoms with van der Waals surface area (Å²) in [5.74, 6) is 0. The van der Waals surface area contributed by atoms with Crippen LogP contribution in [-0.2, 0) is 0 Å². The average molecular weight is 266 g/mol.